The van der Waals surface area contributed by atoms with Gasteiger partial charge in [-0.05, 0) is 31.9 Å². The first kappa shape index (κ1) is 12.0. The number of aromatic nitrogens is 1. The predicted molar refractivity (Wildman–Crippen MR) is 49.2 cm³/mol. The van der Waals surface area contributed by atoms with Crippen molar-refractivity contribution in [1.82, 2.24) is 4.98 Å². The van der Waals surface area contributed by atoms with Gasteiger partial charge in [-0.2, -0.15) is 13.2 Å². The second kappa shape index (κ2) is 4.61. The maximum Gasteiger partial charge on any atom is 0.418 e. The Morgan fingerprint density at radius 2 is 2.13 bits per heavy atom. The minimum atomic E-state index is -4.37. The van der Waals surface area contributed by atoms with Crippen LogP contribution in [0, 0.1) is 0 Å². The third-order valence-corrected chi connectivity index (χ3v) is 1.99. The maximum absolute atomic E-state index is 12.5. The third-order valence-electron chi connectivity index (χ3n) is 1.99. The van der Waals surface area contributed by atoms with Crippen molar-refractivity contribution in [3.05, 3.63) is 29.6 Å². The highest BCUT2D eigenvalue weighted by atomic mass is 19.4. The number of aliphatic hydroxyl groups is 1. The highest BCUT2D eigenvalue weighted by Gasteiger charge is 2.33. The summed E-state index contributed by atoms with van der Waals surface area (Å²) in [5.74, 6) is 0. The Morgan fingerprint density at radius 3 is 2.67 bits per heavy atom. The minimum absolute atomic E-state index is 0.00843. The zero-order valence-electron chi connectivity index (χ0n) is 8.25. The fourth-order valence-corrected chi connectivity index (χ4v) is 1.24. The van der Waals surface area contributed by atoms with Gasteiger partial charge in [0.2, 0.25) is 0 Å². The lowest BCUT2D eigenvalue weighted by molar-refractivity contribution is -0.138. The molecule has 15 heavy (non-hydrogen) atoms. The van der Waals surface area contributed by atoms with Crippen molar-refractivity contribution in [2.75, 3.05) is 0 Å². The van der Waals surface area contributed by atoms with Crippen molar-refractivity contribution in [2.24, 2.45) is 0 Å². The van der Waals surface area contributed by atoms with E-state index in [0.717, 1.165) is 6.07 Å². The summed E-state index contributed by atoms with van der Waals surface area (Å²) in [6.07, 6.45) is -3.25. The van der Waals surface area contributed by atoms with Crippen LogP contribution in [0.5, 0.6) is 0 Å². The second-order valence-corrected chi connectivity index (χ2v) is 3.38. The molecule has 2 nitrogen and oxygen atoms in total. The largest absolute Gasteiger partial charge is 0.418 e. The zero-order valence-corrected chi connectivity index (χ0v) is 8.25. The van der Waals surface area contributed by atoms with E-state index in [4.69, 9.17) is 5.11 Å². The fraction of sp³-hybridized carbons (Fsp3) is 0.500. The van der Waals surface area contributed by atoms with E-state index >= 15 is 0 Å². The summed E-state index contributed by atoms with van der Waals surface area (Å²) in [6, 6.07) is 2.26. The molecule has 0 aliphatic carbocycles. The van der Waals surface area contributed by atoms with Crippen molar-refractivity contribution in [3.63, 3.8) is 0 Å². The van der Waals surface area contributed by atoms with Crippen molar-refractivity contribution < 1.29 is 18.3 Å². The molecule has 1 heterocycles. The van der Waals surface area contributed by atoms with Gasteiger partial charge in [-0.3, -0.25) is 4.98 Å². The van der Waals surface area contributed by atoms with Crippen LogP contribution >= 0.6 is 0 Å². The van der Waals surface area contributed by atoms with Crippen LogP contribution < -0.4 is 0 Å². The van der Waals surface area contributed by atoms with Crippen LogP contribution in [0.25, 0.3) is 0 Å². The lowest BCUT2D eigenvalue weighted by Crippen LogP contribution is -2.12. The van der Waals surface area contributed by atoms with Gasteiger partial charge in [-0.15, -0.1) is 0 Å². The van der Waals surface area contributed by atoms with Crippen molar-refractivity contribution >= 4 is 0 Å². The Bertz CT molecular complexity index is 323. The molecular weight excluding hydrogens is 207 g/mol. The molecule has 0 amide bonds. The topological polar surface area (TPSA) is 33.1 Å². The van der Waals surface area contributed by atoms with E-state index in [0.29, 0.717) is 0 Å². The summed E-state index contributed by atoms with van der Waals surface area (Å²) < 4.78 is 37.4. The lowest BCUT2D eigenvalue weighted by Gasteiger charge is -2.11. The van der Waals surface area contributed by atoms with E-state index in [2.05, 4.69) is 4.98 Å². The summed E-state index contributed by atoms with van der Waals surface area (Å²) in [4.78, 5) is 3.69. The molecule has 0 fully saturated rings. The fourth-order valence-electron chi connectivity index (χ4n) is 1.24. The number of hydrogen-bond donors (Lipinski definition) is 1. The molecule has 5 heteroatoms. The second-order valence-electron chi connectivity index (χ2n) is 3.38. The molecule has 0 bridgehead atoms. The summed E-state index contributed by atoms with van der Waals surface area (Å²) in [5.41, 5.74) is -0.725. The number of hydrogen-bond acceptors (Lipinski definition) is 2. The molecule has 1 rings (SSSR count). The molecule has 0 aliphatic rings. The maximum atomic E-state index is 12.5. The number of aryl methyl sites for hydroxylation is 1. The van der Waals surface area contributed by atoms with Gasteiger partial charge in [0.05, 0.1) is 17.4 Å². The lowest BCUT2D eigenvalue weighted by atomic mass is 10.1. The quantitative estimate of drug-likeness (QED) is 0.846. The first-order valence-electron chi connectivity index (χ1n) is 4.60. The van der Waals surface area contributed by atoms with Crippen LogP contribution in [-0.4, -0.2) is 16.2 Å². The number of rotatable bonds is 3. The molecule has 1 N–H and O–H groups in total. The van der Waals surface area contributed by atoms with Crippen LogP contribution in [0.1, 0.15) is 24.6 Å². The van der Waals surface area contributed by atoms with Crippen LogP contribution in [0.4, 0.5) is 13.2 Å². The number of halogens is 3. The van der Waals surface area contributed by atoms with Crippen molar-refractivity contribution in [2.45, 2.75) is 32.0 Å². The molecule has 0 aromatic carbocycles. The molecule has 1 aromatic heterocycles. The van der Waals surface area contributed by atoms with Gasteiger partial charge in [-0.1, -0.05) is 0 Å². The minimum Gasteiger partial charge on any atom is -0.393 e. The first-order valence-corrected chi connectivity index (χ1v) is 4.60. The SMILES string of the molecule is C[C@H](O)CCc1ncccc1C(F)(F)F. The molecule has 0 spiro atoms. The standard InChI is InChI=1S/C10H12F3NO/c1-7(15)4-5-9-8(10(11,12)13)3-2-6-14-9/h2-3,6-7,15H,4-5H2,1H3/t7-/m0/s1. The van der Waals surface area contributed by atoms with Gasteiger partial charge in [-0.25, -0.2) is 0 Å². The Labute approximate surface area is 85.8 Å². The summed E-state index contributed by atoms with van der Waals surface area (Å²) >= 11 is 0. The van der Waals surface area contributed by atoms with Crippen LogP contribution in [0.3, 0.4) is 0 Å². The zero-order chi connectivity index (χ0) is 11.5. The van der Waals surface area contributed by atoms with E-state index in [1.165, 1.54) is 19.2 Å². The van der Waals surface area contributed by atoms with Gasteiger partial charge in [0.15, 0.2) is 0 Å². The van der Waals surface area contributed by atoms with Crippen molar-refractivity contribution in [3.8, 4) is 0 Å². The highest BCUT2D eigenvalue weighted by Crippen LogP contribution is 2.31. The molecule has 0 saturated heterocycles. The van der Waals surface area contributed by atoms with Gasteiger partial charge < -0.3 is 5.11 Å². The molecule has 84 valence electrons. The molecular formula is C10H12F3NO. The monoisotopic (exact) mass is 219 g/mol. The Morgan fingerprint density at radius 1 is 1.47 bits per heavy atom. The molecule has 0 radical (unpaired) electrons. The molecule has 0 unspecified atom stereocenters. The van der Waals surface area contributed by atoms with E-state index in [1.807, 2.05) is 0 Å². The Hall–Kier alpha value is -1.10. The van der Waals surface area contributed by atoms with Gasteiger partial charge in [0.1, 0.15) is 0 Å². The molecule has 1 atom stereocenters. The smallest absolute Gasteiger partial charge is 0.393 e. The number of aliphatic hydroxyl groups excluding tert-OH is 1. The van der Waals surface area contributed by atoms with Crippen LogP contribution in [-0.2, 0) is 12.6 Å². The first-order chi connectivity index (χ1) is 6.91. The van der Waals surface area contributed by atoms with Gasteiger partial charge in [0, 0.05) is 6.20 Å². The van der Waals surface area contributed by atoms with Crippen LogP contribution in [0.15, 0.2) is 18.3 Å². The molecule has 1 aromatic rings. The third kappa shape index (κ3) is 3.51. The molecule has 0 saturated carbocycles. The summed E-state index contributed by atoms with van der Waals surface area (Å²) in [5, 5.41) is 9.00. The predicted octanol–water partition coefficient (Wildman–Crippen LogP) is 2.41. The summed E-state index contributed by atoms with van der Waals surface area (Å²) in [7, 11) is 0. The number of alkyl halides is 3. The summed E-state index contributed by atoms with van der Waals surface area (Å²) in [6.45, 7) is 1.54. The van der Waals surface area contributed by atoms with Crippen LogP contribution in [0.2, 0.25) is 0 Å². The Balaban J connectivity index is 2.87. The van der Waals surface area contributed by atoms with Gasteiger partial charge >= 0.3 is 6.18 Å². The number of nitrogens with zero attached hydrogens (tertiary/aromatic N) is 1. The normalized spacial score (nSPS) is 13.9. The van der Waals surface area contributed by atoms with E-state index < -0.39 is 17.8 Å². The Kier molecular flexibility index (Phi) is 3.68. The van der Waals surface area contributed by atoms with E-state index in [9.17, 15) is 13.2 Å². The van der Waals surface area contributed by atoms with Crippen molar-refractivity contribution in [1.29, 1.82) is 0 Å². The average Bonchev–Trinajstić information content (AvgIpc) is 2.13. The van der Waals surface area contributed by atoms with E-state index in [1.54, 1.807) is 0 Å². The molecule has 0 aliphatic heterocycles. The average molecular weight is 219 g/mol. The van der Waals surface area contributed by atoms with Gasteiger partial charge in [0.25, 0.3) is 0 Å². The van der Waals surface area contributed by atoms with E-state index in [-0.39, 0.29) is 18.5 Å². The number of pyridine rings is 1. The highest BCUT2D eigenvalue weighted by molar-refractivity contribution is 5.23.